The zero-order chi connectivity index (χ0) is 17.2. The number of carbonyl (C=O) groups excluding carboxylic acids is 1. The first-order valence-electron chi connectivity index (χ1n) is 8.19. The van der Waals surface area contributed by atoms with Crippen LogP contribution in [0.15, 0.2) is 42.9 Å². The van der Waals surface area contributed by atoms with Crippen molar-refractivity contribution in [3.63, 3.8) is 0 Å². The average Bonchev–Trinajstić information content (AvgIpc) is 3.15. The van der Waals surface area contributed by atoms with Crippen molar-refractivity contribution in [1.82, 2.24) is 29.9 Å². The summed E-state index contributed by atoms with van der Waals surface area (Å²) in [6.07, 6.45) is 6.23. The topological polar surface area (TPSA) is 77.6 Å². The van der Waals surface area contributed by atoms with Crippen molar-refractivity contribution in [3.05, 3.63) is 60.2 Å². The van der Waals surface area contributed by atoms with Gasteiger partial charge in [0.15, 0.2) is 5.69 Å². The summed E-state index contributed by atoms with van der Waals surface area (Å²) >= 11 is 0. The maximum absolute atomic E-state index is 13.8. The molecule has 0 unspecified atom stereocenters. The standard InChI is InChI=1S/C17H17FN6O/c18-13-3-1-2-4-15(13)24-10-8-14(22-24)17(25)19-9-7-16-21-20-11-23(16)12-5-6-12/h1-4,8,10-12H,5-7,9H2,(H,19,25). The van der Waals surface area contributed by atoms with Crippen LogP contribution in [0.2, 0.25) is 0 Å². The summed E-state index contributed by atoms with van der Waals surface area (Å²) in [4.78, 5) is 12.2. The zero-order valence-corrected chi connectivity index (χ0v) is 13.5. The van der Waals surface area contributed by atoms with E-state index in [4.69, 9.17) is 0 Å². The highest BCUT2D eigenvalue weighted by Crippen LogP contribution is 2.35. The summed E-state index contributed by atoms with van der Waals surface area (Å²) in [5, 5.41) is 15.0. The molecule has 0 spiro atoms. The van der Waals surface area contributed by atoms with E-state index in [1.807, 2.05) is 0 Å². The third-order valence-corrected chi connectivity index (χ3v) is 4.14. The smallest absolute Gasteiger partial charge is 0.271 e. The molecular weight excluding hydrogens is 323 g/mol. The summed E-state index contributed by atoms with van der Waals surface area (Å²) in [6, 6.07) is 8.36. The number of carbonyl (C=O) groups is 1. The van der Waals surface area contributed by atoms with Crippen LogP contribution in [0, 0.1) is 5.82 Å². The summed E-state index contributed by atoms with van der Waals surface area (Å²) in [7, 11) is 0. The first kappa shape index (κ1) is 15.5. The number of para-hydroxylation sites is 1. The predicted molar refractivity (Wildman–Crippen MR) is 87.9 cm³/mol. The molecule has 0 bridgehead atoms. The second-order valence-corrected chi connectivity index (χ2v) is 5.99. The van der Waals surface area contributed by atoms with Crippen molar-refractivity contribution in [3.8, 4) is 5.69 Å². The number of nitrogens with one attached hydrogen (secondary N) is 1. The Hall–Kier alpha value is -3.03. The quantitative estimate of drug-likeness (QED) is 0.743. The van der Waals surface area contributed by atoms with E-state index in [1.54, 1.807) is 36.8 Å². The third kappa shape index (κ3) is 3.28. The Bertz CT molecular complexity index is 898. The Kier molecular flexibility index (Phi) is 4.01. The van der Waals surface area contributed by atoms with E-state index in [0.29, 0.717) is 24.7 Å². The lowest BCUT2D eigenvalue weighted by Crippen LogP contribution is -2.27. The number of halogens is 1. The fraction of sp³-hybridized carbons (Fsp3) is 0.294. The molecule has 0 aliphatic heterocycles. The van der Waals surface area contributed by atoms with Gasteiger partial charge in [0.25, 0.3) is 5.91 Å². The normalized spacial score (nSPS) is 13.8. The fourth-order valence-electron chi connectivity index (χ4n) is 2.70. The van der Waals surface area contributed by atoms with E-state index in [0.717, 1.165) is 18.7 Å². The first-order valence-corrected chi connectivity index (χ1v) is 8.19. The van der Waals surface area contributed by atoms with Gasteiger partial charge in [0.2, 0.25) is 0 Å². The largest absolute Gasteiger partial charge is 0.350 e. The molecule has 1 aliphatic rings. The molecule has 1 aromatic carbocycles. The molecule has 3 aromatic rings. The summed E-state index contributed by atoms with van der Waals surface area (Å²) in [6.45, 7) is 0.441. The van der Waals surface area contributed by atoms with Crippen LogP contribution in [0.25, 0.3) is 5.69 Å². The molecule has 1 N–H and O–H groups in total. The van der Waals surface area contributed by atoms with Crippen LogP contribution in [0.1, 0.15) is 35.2 Å². The van der Waals surface area contributed by atoms with E-state index >= 15 is 0 Å². The number of aromatic nitrogens is 5. The van der Waals surface area contributed by atoms with E-state index in [2.05, 4.69) is 25.2 Å². The Morgan fingerprint density at radius 2 is 2.12 bits per heavy atom. The molecule has 8 heteroatoms. The number of benzene rings is 1. The van der Waals surface area contributed by atoms with Crippen LogP contribution in [-0.4, -0.2) is 37.0 Å². The number of amides is 1. The summed E-state index contributed by atoms with van der Waals surface area (Å²) in [5.41, 5.74) is 0.547. The maximum Gasteiger partial charge on any atom is 0.271 e. The lowest BCUT2D eigenvalue weighted by atomic mass is 10.3. The molecular formula is C17H17FN6O. The van der Waals surface area contributed by atoms with Gasteiger partial charge >= 0.3 is 0 Å². The van der Waals surface area contributed by atoms with Crippen molar-refractivity contribution in [2.75, 3.05) is 6.54 Å². The van der Waals surface area contributed by atoms with Crippen molar-refractivity contribution >= 4 is 5.91 Å². The van der Waals surface area contributed by atoms with Gasteiger partial charge in [-0.25, -0.2) is 9.07 Å². The second-order valence-electron chi connectivity index (χ2n) is 5.99. The number of hydrogen-bond acceptors (Lipinski definition) is 4. The highest BCUT2D eigenvalue weighted by molar-refractivity contribution is 5.92. The lowest BCUT2D eigenvalue weighted by Gasteiger charge is -2.05. The van der Waals surface area contributed by atoms with Gasteiger partial charge in [0.05, 0.1) is 0 Å². The molecule has 1 amide bonds. The third-order valence-electron chi connectivity index (χ3n) is 4.14. The zero-order valence-electron chi connectivity index (χ0n) is 13.5. The fourth-order valence-corrected chi connectivity index (χ4v) is 2.70. The Balaban J connectivity index is 1.37. The summed E-state index contributed by atoms with van der Waals surface area (Å²) < 4.78 is 17.2. The van der Waals surface area contributed by atoms with Crippen LogP contribution < -0.4 is 5.32 Å². The van der Waals surface area contributed by atoms with Crippen molar-refractivity contribution in [1.29, 1.82) is 0 Å². The van der Waals surface area contributed by atoms with Gasteiger partial charge in [-0.3, -0.25) is 4.79 Å². The van der Waals surface area contributed by atoms with Gasteiger partial charge in [0.1, 0.15) is 23.7 Å². The Morgan fingerprint density at radius 1 is 1.28 bits per heavy atom. The van der Waals surface area contributed by atoms with Crippen LogP contribution in [-0.2, 0) is 6.42 Å². The van der Waals surface area contributed by atoms with Gasteiger partial charge in [-0.15, -0.1) is 10.2 Å². The van der Waals surface area contributed by atoms with Crippen LogP contribution in [0.5, 0.6) is 0 Å². The Morgan fingerprint density at radius 3 is 2.92 bits per heavy atom. The minimum atomic E-state index is -0.392. The molecule has 1 saturated carbocycles. The molecule has 4 rings (SSSR count). The van der Waals surface area contributed by atoms with Crippen molar-refractivity contribution in [2.45, 2.75) is 25.3 Å². The highest BCUT2D eigenvalue weighted by Gasteiger charge is 2.25. The van der Waals surface area contributed by atoms with E-state index < -0.39 is 5.82 Å². The predicted octanol–water partition coefficient (Wildman–Crippen LogP) is 1.91. The van der Waals surface area contributed by atoms with Crippen LogP contribution in [0.4, 0.5) is 4.39 Å². The first-order chi connectivity index (χ1) is 12.2. The molecule has 0 saturated heterocycles. The van der Waals surface area contributed by atoms with Crippen LogP contribution >= 0.6 is 0 Å². The van der Waals surface area contributed by atoms with Gasteiger partial charge < -0.3 is 9.88 Å². The Labute approximate surface area is 143 Å². The summed E-state index contributed by atoms with van der Waals surface area (Å²) in [5.74, 6) is 0.184. The van der Waals surface area contributed by atoms with Gasteiger partial charge in [-0.2, -0.15) is 5.10 Å². The van der Waals surface area contributed by atoms with Gasteiger partial charge in [0, 0.05) is 25.2 Å². The van der Waals surface area contributed by atoms with Gasteiger partial charge in [-0.05, 0) is 31.0 Å². The highest BCUT2D eigenvalue weighted by atomic mass is 19.1. The molecule has 2 heterocycles. The van der Waals surface area contributed by atoms with Crippen molar-refractivity contribution < 1.29 is 9.18 Å². The van der Waals surface area contributed by atoms with Gasteiger partial charge in [-0.1, -0.05) is 12.1 Å². The molecule has 128 valence electrons. The lowest BCUT2D eigenvalue weighted by molar-refractivity contribution is 0.0948. The minimum Gasteiger partial charge on any atom is -0.350 e. The monoisotopic (exact) mass is 340 g/mol. The van der Waals surface area contributed by atoms with Crippen molar-refractivity contribution in [2.24, 2.45) is 0 Å². The molecule has 2 aromatic heterocycles. The SMILES string of the molecule is O=C(NCCc1nncn1C1CC1)c1ccn(-c2ccccc2F)n1. The molecule has 0 radical (unpaired) electrons. The number of nitrogens with zero attached hydrogens (tertiary/aromatic N) is 5. The second kappa shape index (κ2) is 6.46. The molecule has 1 fully saturated rings. The number of hydrogen-bond donors (Lipinski definition) is 1. The maximum atomic E-state index is 13.8. The average molecular weight is 340 g/mol. The molecule has 1 aliphatic carbocycles. The number of rotatable bonds is 6. The van der Waals surface area contributed by atoms with E-state index in [-0.39, 0.29) is 11.6 Å². The molecule has 7 nitrogen and oxygen atoms in total. The molecule has 0 atom stereocenters. The van der Waals surface area contributed by atoms with E-state index in [1.165, 1.54) is 10.7 Å². The minimum absolute atomic E-state index is 0.243. The molecule has 25 heavy (non-hydrogen) atoms. The van der Waals surface area contributed by atoms with E-state index in [9.17, 15) is 9.18 Å². The van der Waals surface area contributed by atoms with Crippen LogP contribution in [0.3, 0.4) is 0 Å².